The van der Waals surface area contributed by atoms with E-state index in [-0.39, 0.29) is 24.2 Å². The van der Waals surface area contributed by atoms with Crippen molar-refractivity contribution in [3.63, 3.8) is 0 Å². The van der Waals surface area contributed by atoms with Gasteiger partial charge in [-0.05, 0) is 18.9 Å². The maximum atomic E-state index is 12.4. The molecule has 0 saturated heterocycles. The van der Waals surface area contributed by atoms with E-state index in [1.165, 1.54) is 0 Å². The molecular weight excluding hydrogens is 308 g/mol. The van der Waals surface area contributed by atoms with Crippen molar-refractivity contribution in [3.8, 4) is 0 Å². The highest BCUT2D eigenvalue weighted by Crippen LogP contribution is 2.31. The number of benzene rings is 1. The number of carbonyl (C=O) groups excluding carboxylic acids is 2. The third-order valence-electron chi connectivity index (χ3n) is 4.11. The molecule has 5 heteroatoms. The van der Waals surface area contributed by atoms with Gasteiger partial charge < -0.3 is 9.84 Å². The topological polar surface area (TPSA) is 80.7 Å². The number of rotatable bonds is 9. The quantitative estimate of drug-likeness (QED) is 0.553. The van der Waals surface area contributed by atoms with Crippen molar-refractivity contribution in [2.45, 2.75) is 52.6 Å². The summed E-state index contributed by atoms with van der Waals surface area (Å²) >= 11 is 0. The van der Waals surface area contributed by atoms with Gasteiger partial charge in [-0.3, -0.25) is 14.4 Å². The van der Waals surface area contributed by atoms with Gasteiger partial charge in [0.1, 0.15) is 5.78 Å². The second kappa shape index (κ2) is 9.21. The molecule has 0 aliphatic carbocycles. The van der Waals surface area contributed by atoms with Crippen molar-refractivity contribution in [2.75, 3.05) is 0 Å². The zero-order chi connectivity index (χ0) is 18.3. The van der Waals surface area contributed by atoms with Gasteiger partial charge in [-0.1, -0.05) is 51.1 Å². The molecule has 0 amide bonds. The first-order valence-electron chi connectivity index (χ1n) is 8.28. The van der Waals surface area contributed by atoms with Crippen LogP contribution in [0, 0.1) is 11.8 Å². The van der Waals surface area contributed by atoms with Crippen LogP contribution in [0.3, 0.4) is 0 Å². The molecule has 0 aliphatic rings. The third kappa shape index (κ3) is 5.48. The monoisotopic (exact) mass is 334 g/mol. The number of hydrogen-bond donors (Lipinski definition) is 1. The Morgan fingerprint density at radius 1 is 1.08 bits per heavy atom. The summed E-state index contributed by atoms with van der Waals surface area (Å²) in [7, 11) is 0. The first-order chi connectivity index (χ1) is 11.3. The van der Waals surface area contributed by atoms with E-state index < -0.39 is 23.8 Å². The highest BCUT2D eigenvalue weighted by molar-refractivity contribution is 5.96. The lowest BCUT2D eigenvalue weighted by Crippen LogP contribution is -2.35. The summed E-state index contributed by atoms with van der Waals surface area (Å²) in [6.07, 6.45) is 0.226. The fourth-order valence-corrected chi connectivity index (χ4v) is 2.37. The predicted octanol–water partition coefficient (Wildman–Crippen LogP) is 3.43. The van der Waals surface area contributed by atoms with Gasteiger partial charge in [-0.15, -0.1) is 0 Å². The highest BCUT2D eigenvalue weighted by atomic mass is 16.5. The van der Waals surface area contributed by atoms with Crippen molar-refractivity contribution in [3.05, 3.63) is 35.9 Å². The van der Waals surface area contributed by atoms with Gasteiger partial charge in [-0.2, -0.15) is 0 Å². The minimum atomic E-state index is -1.40. The van der Waals surface area contributed by atoms with Crippen LogP contribution in [0.15, 0.2) is 30.3 Å². The lowest BCUT2D eigenvalue weighted by Gasteiger charge is -2.24. The Bertz CT molecular complexity index is 564. The molecule has 0 heterocycles. The van der Waals surface area contributed by atoms with E-state index in [0.29, 0.717) is 12.0 Å². The van der Waals surface area contributed by atoms with Gasteiger partial charge in [0, 0.05) is 18.3 Å². The van der Waals surface area contributed by atoms with Gasteiger partial charge in [0.15, 0.2) is 5.92 Å². The van der Waals surface area contributed by atoms with Crippen LogP contribution in [0.5, 0.6) is 0 Å². The average Bonchev–Trinajstić information content (AvgIpc) is 2.54. The summed E-state index contributed by atoms with van der Waals surface area (Å²) in [6, 6.07) is 8.82. The number of Topliss-reactive ketones (excluding diaryl/α,β-unsaturated/α-hetero) is 1. The maximum absolute atomic E-state index is 12.4. The minimum absolute atomic E-state index is 0.00570. The molecule has 0 aromatic heterocycles. The molecule has 1 aromatic rings. The summed E-state index contributed by atoms with van der Waals surface area (Å²) < 4.78 is 5.24. The zero-order valence-corrected chi connectivity index (χ0v) is 14.7. The van der Waals surface area contributed by atoms with E-state index in [0.717, 1.165) is 0 Å². The largest absolute Gasteiger partial charge is 0.481 e. The van der Waals surface area contributed by atoms with Crippen LogP contribution in [0.1, 0.15) is 52.0 Å². The van der Waals surface area contributed by atoms with Crippen molar-refractivity contribution in [1.29, 1.82) is 0 Å². The maximum Gasteiger partial charge on any atom is 0.321 e. The second-order valence-corrected chi connectivity index (χ2v) is 6.31. The normalized spacial score (nSPS) is 14.7. The van der Waals surface area contributed by atoms with Gasteiger partial charge in [0.05, 0.1) is 6.10 Å². The molecule has 0 aliphatic heterocycles. The van der Waals surface area contributed by atoms with Gasteiger partial charge in [0.2, 0.25) is 0 Å². The van der Waals surface area contributed by atoms with E-state index in [1.807, 2.05) is 6.92 Å². The molecule has 0 spiro atoms. The minimum Gasteiger partial charge on any atom is -0.481 e. The summed E-state index contributed by atoms with van der Waals surface area (Å²) in [5.41, 5.74) is 0.653. The number of carboxylic acids is 1. The third-order valence-corrected chi connectivity index (χ3v) is 4.11. The number of hydrogen-bond acceptors (Lipinski definition) is 4. The Kier molecular flexibility index (Phi) is 7.62. The van der Waals surface area contributed by atoms with Gasteiger partial charge in [-0.25, -0.2) is 0 Å². The number of carboxylic acid groups (broad SMARTS) is 1. The molecule has 0 bridgehead atoms. The Morgan fingerprint density at radius 3 is 2.12 bits per heavy atom. The van der Waals surface area contributed by atoms with Crippen LogP contribution in [-0.4, -0.2) is 28.9 Å². The standard InChI is InChI=1S/C19H26O5/c1-5-13(4)24-19(23)17(18(21)22)15(11-16(20)12(2)3)14-9-7-6-8-10-14/h6-10,12-13,15,17H,5,11H2,1-4H3,(H,21,22). The molecule has 24 heavy (non-hydrogen) atoms. The van der Waals surface area contributed by atoms with Gasteiger partial charge >= 0.3 is 11.9 Å². The molecule has 5 nitrogen and oxygen atoms in total. The Balaban J connectivity index is 3.18. The fourth-order valence-electron chi connectivity index (χ4n) is 2.37. The number of ether oxygens (including phenoxy) is 1. The molecular formula is C19H26O5. The van der Waals surface area contributed by atoms with E-state index in [2.05, 4.69) is 0 Å². The number of aliphatic carboxylic acids is 1. The fraction of sp³-hybridized carbons (Fsp3) is 0.526. The average molecular weight is 334 g/mol. The smallest absolute Gasteiger partial charge is 0.321 e. The van der Waals surface area contributed by atoms with Crippen molar-refractivity contribution in [2.24, 2.45) is 11.8 Å². The van der Waals surface area contributed by atoms with Crippen LogP contribution in [0.4, 0.5) is 0 Å². The predicted molar refractivity (Wildman–Crippen MR) is 90.6 cm³/mol. The number of carbonyl (C=O) groups is 3. The summed E-state index contributed by atoms with van der Waals surface area (Å²) in [5, 5.41) is 9.60. The molecule has 3 unspecified atom stereocenters. The molecule has 3 atom stereocenters. The first-order valence-corrected chi connectivity index (χ1v) is 8.28. The van der Waals surface area contributed by atoms with E-state index in [9.17, 15) is 19.5 Å². The molecule has 1 N–H and O–H groups in total. The van der Waals surface area contributed by atoms with Crippen molar-refractivity contribution < 1.29 is 24.2 Å². The van der Waals surface area contributed by atoms with Crippen molar-refractivity contribution >= 4 is 17.7 Å². The lowest BCUT2D eigenvalue weighted by atomic mass is 9.80. The molecule has 0 saturated carbocycles. The molecule has 1 rings (SSSR count). The van der Waals surface area contributed by atoms with Crippen LogP contribution in [-0.2, 0) is 19.1 Å². The summed E-state index contributed by atoms with van der Waals surface area (Å²) in [6.45, 7) is 7.09. The number of ketones is 1. The van der Waals surface area contributed by atoms with Crippen LogP contribution in [0.25, 0.3) is 0 Å². The highest BCUT2D eigenvalue weighted by Gasteiger charge is 2.39. The Hall–Kier alpha value is -2.17. The summed E-state index contributed by atoms with van der Waals surface area (Å²) in [4.78, 5) is 36.4. The Morgan fingerprint density at radius 2 is 1.67 bits per heavy atom. The van der Waals surface area contributed by atoms with E-state index in [1.54, 1.807) is 51.1 Å². The molecule has 1 aromatic carbocycles. The van der Waals surface area contributed by atoms with Crippen LogP contribution in [0.2, 0.25) is 0 Å². The van der Waals surface area contributed by atoms with Gasteiger partial charge in [0.25, 0.3) is 0 Å². The zero-order valence-electron chi connectivity index (χ0n) is 14.7. The van der Waals surface area contributed by atoms with E-state index >= 15 is 0 Å². The lowest BCUT2D eigenvalue weighted by molar-refractivity contribution is -0.163. The van der Waals surface area contributed by atoms with Crippen LogP contribution >= 0.6 is 0 Å². The Labute approximate surface area is 143 Å². The SMILES string of the molecule is CCC(C)OC(=O)C(C(=O)O)C(CC(=O)C(C)C)c1ccccc1. The molecule has 132 valence electrons. The molecule has 0 fully saturated rings. The van der Waals surface area contributed by atoms with Crippen molar-refractivity contribution in [1.82, 2.24) is 0 Å². The second-order valence-electron chi connectivity index (χ2n) is 6.31. The summed E-state index contributed by atoms with van der Waals surface area (Å²) in [5.74, 6) is -4.50. The van der Waals surface area contributed by atoms with E-state index in [4.69, 9.17) is 4.74 Å². The molecule has 0 radical (unpaired) electrons. The first kappa shape index (κ1) is 19.9. The van der Waals surface area contributed by atoms with Crippen LogP contribution < -0.4 is 0 Å². The number of esters is 1.